The SMILES string of the molecule is C=C/C(=C\C/C(C)=C\C=C(/C=C)n1nnc2ccccc21)CC1(C/C=C(/C)C=NC)CC1. The Labute approximate surface area is 192 Å². The Kier molecular flexibility index (Phi) is 7.93. The van der Waals surface area contributed by atoms with Crippen LogP contribution in [0.5, 0.6) is 0 Å². The fourth-order valence-corrected chi connectivity index (χ4v) is 3.80. The minimum Gasteiger partial charge on any atom is -0.296 e. The zero-order chi connectivity index (χ0) is 23.0. The van der Waals surface area contributed by atoms with Crippen LogP contribution in [0.25, 0.3) is 16.7 Å². The summed E-state index contributed by atoms with van der Waals surface area (Å²) in [7, 11) is 1.82. The van der Waals surface area contributed by atoms with Crippen LogP contribution in [0.15, 0.2) is 95.6 Å². The summed E-state index contributed by atoms with van der Waals surface area (Å²) in [4.78, 5) is 4.10. The van der Waals surface area contributed by atoms with Crippen LogP contribution in [-0.4, -0.2) is 28.3 Å². The molecule has 1 aliphatic rings. The Morgan fingerprint density at radius 1 is 1.12 bits per heavy atom. The van der Waals surface area contributed by atoms with Crippen molar-refractivity contribution in [1.29, 1.82) is 0 Å². The normalized spacial score (nSPS) is 17.2. The van der Waals surface area contributed by atoms with Gasteiger partial charge in [-0.1, -0.05) is 66.0 Å². The number of benzene rings is 1. The number of aromatic nitrogens is 3. The lowest BCUT2D eigenvalue weighted by Gasteiger charge is -2.14. The number of aliphatic imine (C=N–C) groups is 1. The van der Waals surface area contributed by atoms with Gasteiger partial charge >= 0.3 is 0 Å². The van der Waals surface area contributed by atoms with Crippen LogP contribution >= 0.6 is 0 Å². The molecular formula is C28H34N4. The van der Waals surface area contributed by atoms with Gasteiger partial charge in [-0.3, -0.25) is 4.99 Å². The lowest BCUT2D eigenvalue weighted by molar-refractivity contribution is 0.516. The van der Waals surface area contributed by atoms with Crippen LogP contribution in [0.4, 0.5) is 0 Å². The third-order valence-electron chi connectivity index (χ3n) is 6.02. The number of allylic oxidation sites excluding steroid dienone is 10. The molecule has 1 aliphatic carbocycles. The molecule has 0 bridgehead atoms. The van der Waals surface area contributed by atoms with Gasteiger partial charge in [0.2, 0.25) is 0 Å². The van der Waals surface area contributed by atoms with Crippen molar-refractivity contribution in [3.63, 3.8) is 0 Å². The van der Waals surface area contributed by atoms with Crippen molar-refractivity contribution in [2.75, 3.05) is 7.05 Å². The molecule has 4 heteroatoms. The van der Waals surface area contributed by atoms with Crippen molar-refractivity contribution in [1.82, 2.24) is 15.0 Å². The minimum atomic E-state index is 0.407. The molecule has 1 aromatic heterocycles. The molecule has 32 heavy (non-hydrogen) atoms. The fraction of sp³-hybridized carbons (Fsp3) is 0.321. The molecule has 0 aliphatic heterocycles. The molecule has 2 aromatic rings. The van der Waals surface area contributed by atoms with Gasteiger partial charge in [0, 0.05) is 13.3 Å². The largest absolute Gasteiger partial charge is 0.296 e. The van der Waals surface area contributed by atoms with Gasteiger partial charge in [-0.15, -0.1) is 5.10 Å². The van der Waals surface area contributed by atoms with Crippen LogP contribution < -0.4 is 0 Å². The van der Waals surface area contributed by atoms with Crippen LogP contribution in [0, 0.1) is 5.41 Å². The highest BCUT2D eigenvalue weighted by atomic mass is 15.4. The third kappa shape index (κ3) is 6.13. The van der Waals surface area contributed by atoms with Crippen molar-refractivity contribution in [2.45, 2.75) is 46.0 Å². The van der Waals surface area contributed by atoms with E-state index in [0.717, 1.165) is 36.0 Å². The Balaban J connectivity index is 1.67. The smallest absolute Gasteiger partial charge is 0.113 e. The van der Waals surface area contributed by atoms with Crippen LogP contribution in [0.2, 0.25) is 0 Å². The van der Waals surface area contributed by atoms with Crippen molar-refractivity contribution in [3.8, 4) is 0 Å². The summed E-state index contributed by atoms with van der Waals surface area (Å²) >= 11 is 0. The van der Waals surface area contributed by atoms with Gasteiger partial charge in [0.25, 0.3) is 0 Å². The average molecular weight is 427 g/mol. The number of fused-ring (bicyclic) bond motifs is 1. The maximum absolute atomic E-state index is 4.28. The molecule has 0 spiro atoms. The number of nitrogens with zero attached hydrogens (tertiary/aromatic N) is 4. The molecule has 1 aromatic carbocycles. The number of rotatable bonds is 11. The highest BCUT2D eigenvalue weighted by Crippen LogP contribution is 2.54. The molecule has 0 atom stereocenters. The molecule has 3 rings (SSSR count). The number of hydrogen-bond acceptors (Lipinski definition) is 3. The number of para-hydroxylation sites is 1. The molecule has 166 valence electrons. The fourth-order valence-electron chi connectivity index (χ4n) is 3.80. The highest BCUT2D eigenvalue weighted by molar-refractivity contribution is 5.79. The predicted molar refractivity (Wildman–Crippen MR) is 138 cm³/mol. The molecule has 0 radical (unpaired) electrons. The molecule has 0 N–H and O–H groups in total. The monoisotopic (exact) mass is 426 g/mol. The van der Waals surface area contributed by atoms with E-state index in [1.807, 2.05) is 54.4 Å². The molecule has 0 unspecified atom stereocenters. The molecule has 1 fully saturated rings. The van der Waals surface area contributed by atoms with E-state index in [-0.39, 0.29) is 0 Å². The first kappa shape index (κ1) is 23.4. The van der Waals surface area contributed by atoms with E-state index in [9.17, 15) is 0 Å². The van der Waals surface area contributed by atoms with Crippen LogP contribution in [0.1, 0.15) is 46.0 Å². The Morgan fingerprint density at radius 2 is 1.91 bits per heavy atom. The summed E-state index contributed by atoms with van der Waals surface area (Å²) in [6, 6.07) is 7.94. The third-order valence-corrected chi connectivity index (χ3v) is 6.02. The number of hydrogen-bond donors (Lipinski definition) is 0. The van der Waals surface area contributed by atoms with Gasteiger partial charge in [-0.05, 0) is 81.2 Å². The van der Waals surface area contributed by atoms with Gasteiger partial charge in [-0.2, -0.15) is 0 Å². The van der Waals surface area contributed by atoms with Gasteiger partial charge < -0.3 is 0 Å². The van der Waals surface area contributed by atoms with Crippen LogP contribution in [0.3, 0.4) is 0 Å². The molecule has 4 nitrogen and oxygen atoms in total. The van der Waals surface area contributed by atoms with E-state index in [2.05, 4.69) is 66.6 Å². The predicted octanol–water partition coefficient (Wildman–Crippen LogP) is 7.11. The second-order valence-electron chi connectivity index (χ2n) is 8.70. The van der Waals surface area contributed by atoms with Gasteiger partial charge in [0.15, 0.2) is 0 Å². The first-order valence-electron chi connectivity index (χ1n) is 11.2. The minimum absolute atomic E-state index is 0.407. The van der Waals surface area contributed by atoms with E-state index in [0.29, 0.717) is 5.41 Å². The first-order valence-corrected chi connectivity index (χ1v) is 11.2. The van der Waals surface area contributed by atoms with Crippen molar-refractivity contribution in [3.05, 3.63) is 90.6 Å². The second-order valence-corrected chi connectivity index (χ2v) is 8.70. The maximum Gasteiger partial charge on any atom is 0.113 e. The van der Waals surface area contributed by atoms with E-state index >= 15 is 0 Å². The molecule has 0 amide bonds. The van der Waals surface area contributed by atoms with Gasteiger partial charge in [0.1, 0.15) is 5.52 Å². The molecule has 1 heterocycles. The average Bonchev–Trinajstić information content (AvgIpc) is 3.45. The second kappa shape index (κ2) is 10.9. The van der Waals surface area contributed by atoms with E-state index in [1.165, 1.54) is 29.6 Å². The summed E-state index contributed by atoms with van der Waals surface area (Å²) in [5, 5.41) is 8.51. The van der Waals surface area contributed by atoms with E-state index < -0.39 is 0 Å². The molecular weight excluding hydrogens is 392 g/mol. The lowest BCUT2D eigenvalue weighted by atomic mass is 9.91. The molecule has 1 saturated carbocycles. The zero-order valence-corrected chi connectivity index (χ0v) is 19.6. The van der Waals surface area contributed by atoms with E-state index in [1.54, 1.807) is 0 Å². The van der Waals surface area contributed by atoms with Crippen molar-refractivity contribution < 1.29 is 0 Å². The van der Waals surface area contributed by atoms with Crippen molar-refractivity contribution >= 4 is 22.9 Å². The maximum atomic E-state index is 4.28. The van der Waals surface area contributed by atoms with Gasteiger partial charge in [-0.25, -0.2) is 4.68 Å². The van der Waals surface area contributed by atoms with Gasteiger partial charge in [0.05, 0.1) is 11.2 Å². The quantitative estimate of drug-likeness (QED) is 0.284. The summed E-state index contributed by atoms with van der Waals surface area (Å²) in [5.74, 6) is 0. The summed E-state index contributed by atoms with van der Waals surface area (Å²) < 4.78 is 1.83. The summed E-state index contributed by atoms with van der Waals surface area (Å²) in [6.07, 6.45) is 20.3. The zero-order valence-electron chi connectivity index (χ0n) is 19.6. The Hall–Kier alpha value is -3.27. The Morgan fingerprint density at radius 3 is 2.59 bits per heavy atom. The van der Waals surface area contributed by atoms with Crippen LogP contribution in [-0.2, 0) is 0 Å². The highest BCUT2D eigenvalue weighted by Gasteiger charge is 2.41. The summed E-state index contributed by atoms with van der Waals surface area (Å²) in [6.45, 7) is 12.3. The first-order chi connectivity index (χ1) is 15.5. The summed E-state index contributed by atoms with van der Waals surface area (Å²) in [5.41, 5.74) is 7.01. The lowest BCUT2D eigenvalue weighted by Crippen LogP contribution is -2.01. The Bertz CT molecular complexity index is 1120. The standard InChI is InChI=1S/C28H34N4/c1-6-24(20-28(18-19-28)17-16-23(4)21-29-5)14-12-22(3)13-15-25(7-2)32-27-11-9-8-10-26(27)30-31-32/h6-11,13-16,21H,1-2,12,17-20H2,3-5H3/b22-13-,23-16-,24-14+,25-15+,29-21?. The topological polar surface area (TPSA) is 43.1 Å². The van der Waals surface area contributed by atoms with E-state index in [4.69, 9.17) is 0 Å². The van der Waals surface area contributed by atoms with Crippen molar-refractivity contribution in [2.24, 2.45) is 10.4 Å². The molecule has 0 saturated heterocycles.